The third-order valence-electron chi connectivity index (χ3n) is 4.34. The van der Waals surface area contributed by atoms with E-state index in [1.54, 1.807) is 23.1 Å². The number of anilines is 1. The first-order valence-corrected chi connectivity index (χ1v) is 8.40. The van der Waals surface area contributed by atoms with Crippen LogP contribution >= 0.6 is 11.6 Å². The Morgan fingerprint density at radius 3 is 2.68 bits per heavy atom. The molecule has 3 rings (SSSR count). The van der Waals surface area contributed by atoms with Crippen LogP contribution in [-0.2, 0) is 16.1 Å². The zero-order valence-corrected chi connectivity index (χ0v) is 14.5. The van der Waals surface area contributed by atoms with Gasteiger partial charge in [-0.15, -0.1) is 0 Å². The molecule has 0 aromatic heterocycles. The van der Waals surface area contributed by atoms with Crippen molar-refractivity contribution in [3.8, 4) is 0 Å². The fourth-order valence-electron chi connectivity index (χ4n) is 2.82. The van der Waals surface area contributed by atoms with Crippen LogP contribution in [0.4, 0.5) is 10.1 Å². The maximum atomic E-state index is 12.9. The summed E-state index contributed by atoms with van der Waals surface area (Å²) >= 11 is 6.12. The first-order valence-electron chi connectivity index (χ1n) is 8.02. The second-order valence-corrected chi connectivity index (χ2v) is 6.59. The molecule has 0 aliphatic carbocycles. The van der Waals surface area contributed by atoms with Crippen molar-refractivity contribution in [2.45, 2.75) is 19.9 Å². The molecule has 0 bridgehead atoms. The van der Waals surface area contributed by atoms with Crippen molar-refractivity contribution >= 4 is 29.1 Å². The third-order valence-corrected chi connectivity index (χ3v) is 4.75. The molecule has 1 atom stereocenters. The van der Waals surface area contributed by atoms with Crippen LogP contribution in [0.2, 0.25) is 5.02 Å². The van der Waals surface area contributed by atoms with E-state index in [9.17, 15) is 14.0 Å². The van der Waals surface area contributed by atoms with Crippen molar-refractivity contribution in [2.75, 3.05) is 11.4 Å². The summed E-state index contributed by atoms with van der Waals surface area (Å²) in [4.78, 5) is 26.2. The minimum atomic E-state index is -0.409. The lowest BCUT2D eigenvalue weighted by Gasteiger charge is -2.17. The third kappa shape index (κ3) is 3.99. The number of rotatable bonds is 4. The van der Waals surface area contributed by atoms with Crippen molar-refractivity contribution in [3.63, 3.8) is 0 Å². The van der Waals surface area contributed by atoms with Crippen LogP contribution in [0.25, 0.3) is 0 Å². The average Bonchev–Trinajstić information content (AvgIpc) is 2.98. The van der Waals surface area contributed by atoms with Gasteiger partial charge in [-0.05, 0) is 42.3 Å². The smallest absolute Gasteiger partial charge is 0.227 e. The fraction of sp³-hybridized carbons (Fsp3) is 0.263. The van der Waals surface area contributed by atoms with E-state index in [0.717, 1.165) is 11.1 Å². The number of halogens is 2. The van der Waals surface area contributed by atoms with Gasteiger partial charge in [0, 0.05) is 30.2 Å². The second-order valence-electron chi connectivity index (χ2n) is 6.18. The van der Waals surface area contributed by atoms with Crippen molar-refractivity contribution in [1.82, 2.24) is 5.32 Å². The summed E-state index contributed by atoms with van der Waals surface area (Å²) in [5.74, 6) is -1.00. The minimum absolute atomic E-state index is 0.0955. The first kappa shape index (κ1) is 17.4. The second kappa shape index (κ2) is 7.23. The van der Waals surface area contributed by atoms with E-state index >= 15 is 0 Å². The molecule has 0 radical (unpaired) electrons. The molecule has 1 aliphatic heterocycles. The van der Waals surface area contributed by atoms with E-state index in [2.05, 4.69) is 5.32 Å². The van der Waals surface area contributed by atoms with E-state index in [-0.39, 0.29) is 24.1 Å². The molecule has 2 amide bonds. The average molecular weight is 361 g/mol. The summed E-state index contributed by atoms with van der Waals surface area (Å²) in [5.41, 5.74) is 2.45. The predicted molar refractivity (Wildman–Crippen MR) is 94.9 cm³/mol. The van der Waals surface area contributed by atoms with Gasteiger partial charge in [0.15, 0.2) is 0 Å². The first-order chi connectivity index (χ1) is 11.9. The number of benzene rings is 2. The molecular formula is C19H18ClFN2O2. The van der Waals surface area contributed by atoms with Gasteiger partial charge in [-0.3, -0.25) is 9.59 Å². The molecule has 1 N–H and O–H groups in total. The summed E-state index contributed by atoms with van der Waals surface area (Å²) in [6.07, 6.45) is 0.167. The Labute approximate surface area is 150 Å². The summed E-state index contributed by atoms with van der Waals surface area (Å²) < 4.78 is 12.9. The van der Waals surface area contributed by atoms with Crippen LogP contribution in [0.1, 0.15) is 17.5 Å². The largest absolute Gasteiger partial charge is 0.352 e. The van der Waals surface area contributed by atoms with Gasteiger partial charge < -0.3 is 10.2 Å². The van der Waals surface area contributed by atoms with Gasteiger partial charge >= 0.3 is 0 Å². The molecule has 1 fully saturated rings. The van der Waals surface area contributed by atoms with E-state index in [4.69, 9.17) is 11.6 Å². The van der Waals surface area contributed by atoms with Crippen LogP contribution in [-0.4, -0.2) is 18.4 Å². The van der Waals surface area contributed by atoms with E-state index in [1.807, 2.05) is 19.1 Å². The Balaban J connectivity index is 1.62. The van der Waals surface area contributed by atoms with Crippen molar-refractivity contribution in [2.24, 2.45) is 5.92 Å². The van der Waals surface area contributed by atoms with Crippen molar-refractivity contribution < 1.29 is 14.0 Å². The van der Waals surface area contributed by atoms with Crippen LogP contribution in [0, 0.1) is 18.7 Å². The number of amides is 2. The molecule has 4 nitrogen and oxygen atoms in total. The number of aryl methyl sites for hydroxylation is 1. The predicted octanol–water partition coefficient (Wildman–Crippen LogP) is 3.46. The zero-order chi connectivity index (χ0) is 18.0. The Bertz CT molecular complexity index is 808. The summed E-state index contributed by atoms with van der Waals surface area (Å²) in [5, 5.41) is 3.40. The molecule has 0 unspecified atom stereocenters. The molecule has 0 saturated carbocycles. The monoisotopic (exact) mass is 360 g/mol. The Hall–Kier alpha value is -2.40. The highest BCUT2D eigenvalue weighted by Gasteiger charge is 2.35. The molecule has 2 aromatic carbocycles. The van der Waals surface area contributed by atoms with Crippen LogP contribution in [0.3, 0.4) is 0 Å². The highest BCUT2D eigenvalue weighted by Crippen LogP contribution is 2.28. The number of hydrogen-bond donors (Lipinski definition) is 1. The quantitative estimate of drug-likeness (QED) is 0.907. The normalized spacial score (nSPS) is 17.0. The van der Waals surface area contributed by atoms with Gasteiger partial charge in [0.2, 0.25) is 11.8 Å². The molecule has 25 heavy (non-hydrogen) atoms. The van der Waals surface area contributed by atoms with E-state index in [0.29, 0.717) is 23.8 Å². The molecule has 1 heterocycles. The molecule has 2 aromatic rings. The van der Waals surface area contributed by atoms with E-state index in [1.165, 1.54) is 12.1 Å². The SMILES string of the molecule is Cc1ccc(N2C[C@H](C(=O)NCc3ccc(F)cc3)CC2=O)cc1Cl. The standard InChI is InChI=1S/C19H18ClFN2O2/c1-12-2-7-16(9-17(12)20)23-11-14(8-18(23)24)19(25)22-10-13-3-5-15(21)6-4-13/h2-7,9,14H,8,10-11H2,1H3,(H,22,25)/t14-/m1/s1. The van der Waals surface area contributed by atoms with Crippen LogP contribution in [0.5, 0.6) is 0 Å². The van der Waals surface area contributed by atoms with Crippen molar-refractivity contribution in [1.29, 1.82) is 0 Å². The summed E-state index contributed by atoms with van der Waals surface area (Å²) in [6, 6.07) is 11.4. The maximum Gasteiger partial charge on any atom is 0.227 e. The number of nitrogens with zero attached hydrogens (tertiary/aromatic N) is 1. The Morgan fingerprint density at radius 1 is 1.28 bits per heavy atom. The number of nitrogens with one attached hydrogen (secondary N) is 1. The van der Waals surface area contributed by atoms with Crippen LogP contribution < -0.4 is 10.2 Å². The molecule has 6 heteroatoms. The van der Waals surface area contributed by atoms with Gasteiger partial charge in [-0.25, -0.2) is 4.39 Å². The molecular weight excluding hydrogens is 343 g/mol. The topological polar surface area (TPSA) is 49.4 Å². The minimum Gasteiger partial charge on any atom is -0.352 e. The molecule has 1 aliphatic rings. The lowest BCUT2D eigenvalue weighted by Crippen LogP contribution is -2.32. The van der Waals surface area contributed by atoms with Crippen molar-refractivity contribution in [3.05, 3.63) is 64.4 Å². The van der Waals surface area contributed by atoms with E-state index < -0.39 is 5.92 Å². The van der Waals surface area contributed by atoms with Gasteiger partial charge in [0.25, 0.3) is 0 Å². The lowest BCUT2D eigenvalue weighted by atomic mass is 10.1. The highest BCUT2D eigenvalue weighted by molar-refractivity contribution is 6.31. The zero-order valence-electron chi connectivity index (χ0n) is 13.8. The number of carbonyl (C=O) groups is 2. The van der Waals surface area contributed by atoms with Gasteiger partial charge in [-0.2, -0.15) is 0 Å². The Morgan fingerprint density at radius 2 is 2.00 bits per heavy atom. The van der Waals surface area contributed by atoms with Gasteiger partial charge in [-0.1, -0.05) is 29.8 Å². The number of hydrogen-bond acceptors (Lipinski definition) is 2. The lowest BCUT2D eigenvalue weighted by molar-refractivity contribution is -0.126. The maximum absolute atomic E-state index is 12.9. The highest BCUT2D eigenvalue weighted by atomic mass is 35.5. The summed E-state index contributed by atoms with van der Waals surface area (Å²) in [6.45, 7) is 2.53. The van der Waals surface area contributed by atoms with Crippen LogP contribution in [0.15, 0.2) is 42.5 Å². The fourth-order valence-corrected chi connectivity index (χ4v) is 2.99. The van der Waals surface area contributed by atoms with Gasteiger partial charge in [0.1, 0.15) is 5.82 Å². The molecule has 0 spiro atoms. The number of carbonyl (C=O) groups excluding carboxylic acids is 2. The summed E-state index contributed by atoms with van der Waals surface area (Å²) in [7, 11) is 0. The molecule has 130 valence electrons. The van der Waals surface area contributed by atoms with Gasteiger partial charge in [0.05, 0.1) is 5.92 Å². The Kier molecular flexibility index (Phi) is 5.04. The molecule has 1 saturated heterocycles.